The van der Waals surface area contributed by atoms with E-state index >= 15 is 0 Å². The van der Waals surface area contributed by atoms with Crippen LogP contribution in [0.15, 0.2) is 61.2 Å². The predicted molar refractivity (Wildman–Crippen MR) is 133 cm³/mol. The van der Waals surface area contributed by atoms with E-state index in [1.54, 1.807) is 6.08 Å². The molecule has 2 aromatic rings. The lowest BCUT2D eigenvalue weighted by Crippen LogP contribution is -2.48. The van der Waals surface area contributed by atoms with Crippen molar-refractivity contribution in [1.29, 1.82) is 0 Å². The quantitative estimate of drug-likeness (QED) is 0.571. The second-order valence-electron chi connectivity index (χ2n) is 9.60. The van der Waals surface area contributed by atoms with Gasteiger partial charge < -0.3 is 20.3 Å². The molecule has 1 unspecified atom stereocenters. The van der Waals surface area contributed by atoms with Crippen LogP contribution in [0.3, 0.4) is 0 Å². The molecule has 2 aliphatic heterocycles. The summed E-state index contributed by atoms with van der Waals surface area (Å²) in [4.78, 5) is 28.0. The van der Waals surface area contributed by atoms with Gasteiger partial charge in [-0.2, -0.15) is 0 Å². The number of nitrogens with one attached hydrogen (secondary N) is 2. The van der Waals surface area contributed by atoms with E-state index < -0.39 is 0 Å². The summed E-state index contributed by atoms with van der Waals surface area (Å²) >= 11 is 0. The minimum atomic E-state index is -0.324. The smallest absolute Gasteiger partial charge is 0.410 e. The van der Waals surface area contributed by atoms with Crippen molar-refractivity contribution >= 4 is 17.7 Å². The first kappa shape index (κ1) is 22.5. The Kier molecular flexibility index (Phi) is 6.57. The molecule has 2 aromatic carbocycles. The number of benzene rings is 2. The maximum absolute atomic E-state index is 13.1. The minimum absolute atomic E-state index is 0.0342. The summed E-state index contributed by atoms with van der Waals surface area (Å²) in [5.74, 6) is 0.140. The molecule has 1 saturated carbocycles. The largest absolute Gasteiger partial charge is 0.445 e. The molecular formula is C28H33N3O3. The molecule has 3 aliphatic rings. The first-order chi connectivity index (χ1) is 16.7. The van der Waals surface area contributed by atoms with Crippen LogP contribution in [-0.2, 0) is 4.74 Å². The Morgan fingerprint density at radius 1 is 1.09 bits per heavy atom. The van der Waals surface area contributed by atoms with Gasteiger partial charge in [0.15, 0.2) is 0 Å². The Labute approximate surface area is 201 Å². The normalized spacial score (nSPS) is 23.9. The number of likely N-dealkylation sites (tertiary alicyclic amines) is 1. The van der Waals surface area contributed by atoms with E-state index in [1.807, 2.05) is 29.2 Å². The van der Waals surface area contributed by atoms with Gasteiger partial charge in [-0.1, -0.05) is 55.8 Å². The number of hydrogen-bond donors (Lipinski definition) is 2. The van der Waals surface area contributed by atoms with Crippen molar-refractivity contribution in [2.75, 3.05) is 18.5 Å². The number of nitrogens with zero attached hydrogens (tertiary/aromatic N) is 1. The minimum Gasteiger partial charge on any atom is -0.445 e. The zero-order valence-electron chi connectivity index (χ0n) is 19.5. The van der Waals surface area contributed by atoms with Crippen molar-refractivity contribution < 1.29 is 14.3 Å². The van der Waals surface area contributed by atoms with Gasteiger partial charge in [-0.15, -0.1) is 0 Å². The molecule has 3 atom stereocenters. The van der Waals surface area contributed by atoms with E-state index in [0.29, 0.717) is 12.1 Å². The van der Waals surface area contributed by atoms with Crippen molar-refractivity contribution in [2.45, 2.75) is 56.7 Å². The molecule has 34 heavy (non-hydrogen) atoms. The Hall–Kier alpha value is -3.28. The average molecular weight is 460 g/mol. The Balaban J connectivity index is 1.51. The number of rotatable bonds is 5. The van der Waals surface area contributed by atoms with Crippen LogP contribution in [0.2, 0.25) is 0 Å². The summed E-state index contributed by atoms with van der Waals surface area (Å²) in [6.07, 6.45) is 7.60. The third-order valence-electron chi connectivity index (χ3n) is 7.46. The van der Waals surface area contributed by atoms with Crippen molar-refractivity contribution in [3.63, 3.8) is 0 Å². The number of carbonyl (C=O) groups is 2. The highest BCUT2D eigenvalue weighted by Crippen LogP contribution is 2.50. The lowest BCUT2D eigenvalue weighted by Gasteiger charge is -2.48. The van der Waals surface area contributed by atoms with E-state index in [-0.39, 0.29) is 42.7 Å². The first-order valence-electron chi connectivity index (χ1n) is 12.5. The number of ether oxygens (including phenoxy) is 1. The van der Waals surface area contributed by atoms with Gasteiger partial charge in [0.05, 0.1) is 12.1 Å². The van der Waals surface area contributed by atoms with Crippen LogP contribution in [0.1, 0.15) is 72.1 Å². The van der Waals surface area contributed by atoms with Crippen LogP contribution in [0, 0.1) is 5.92 Å². The molecule has 178 valence electrons. The molecule has 5 rings (SSSR count). The van der Waals surface area contributed by atoms with Gasteiger partial charge in [0.2, 0.25) is 0 Å². The molecule has 6 heteroatoms. The number of anilines is 1. The molecule has 0 radical (unpaired) electrons. The molecule has 1 saturated heterocycles. The zero-order chi connectivity index (χ0) is 23.5. The molecule has 0 spiro atoms. The lowest BCUT2D eigenvalue weighted by atomic mass is 9.74. The zero-order valence-corrected chi connectivity index (χ0v) is 19.5. The fourth-order valence-corrected chi connectivity index (χ4v) is 5.88. The number of piperidine rings is 1. The van der Waals surface area contributed by atoms with Crippen LogP contribution >= 0.6 is 0 Å². The number of amides is 2. The summed E-state index contributed by atoms with van der Waals surface area (Å²) < 4.78 is 5.47. The van der Waals surface area contributed by atoms with Crippen LogP contribution in [0.5, 0.6) is 0 Å². The second kappa shape index (κ2) is 9.92. The first-order valence-corrected chi connectivity index (χ1v) is 12.5. The summed E-state index contributed by atoms with van der Waals surface area (Å²) in [6, 6.07) is 16.4. The number of fused-ring (bicyclic) bond motifs is 3. The molecule has 2 amide bonds. The molecule has 1 aliphatic carbocycles. The summed E-state index contributed by atoms with van der Waals surface area (Å²) in [5, 5.41) is 6.92. The van der Waals surface area contributed by atoms with Crippen molar-refractivity contribution in [3.8, 4) is 0 Å². The van der Waals surface area contributed by atoms with Gasteiger partial charge in [-0.05, 0) is 55.0 Å². The van der Waals surface area contributed by atoms with Gasteiger partial charge >= 0.3 is 6.09 Å². The predicted octanol–water partition coefficient (Wildman–Crippen LogP) is 5.60. The number of carbonyl (C=O) groups excluding carboxylic acids is 2. The maximum atomic E-state index is 13.1. The second-order valence-corrected chi connectivity index (χ2v) is 9.60. The topological polar surface area (TPSA) is 70.7 Å². The molecule has 6 nitrogen and oxygen atoms in total. The van der Waals surface area contributed by atoms with E-state index in [9.17, 15) is 9.59 Å². The van der Waals surface area contributed by atoms with E-state index in [0.717, 1.165) is 36.9 Å². The summed E-state index contributed by atoms with van der Waals surface area (Å²) in [6.45, 7) is 4.49. The Morgan fingerprint density at radius 2 is 1.88 bits per heavy atom. The average Bonchev–Trinajstić information content (AvgIpc) is 3.39. The van der Waals surface area contributed by atoms with E-state index in [1.165, 1.54) is 18.4 Å². The van der Waals surface area contributed by atoms with Crippen molar-refractivity contribution in [1.82, 2.24) is 10.2 Å². The molecule has 0 bridgehead atoms. The molecular weight excluding hydrogens is 426 g/mol. The van der Waals surface area contributed by atoms with Crippen molar-refractivity contribution in [2.24, 2.45) is 5.92 Å². The van der Waals surface area contributed by atoms with Crippen LogP contribution in [-0.4, -0.2) is 36.1 Å². The van der Waals surface area contributed by atoms with E-state index in [2.05, 4.69) is 41.5 Å². The highest BCUT2D eigenvalue weighted by molar-refractivity contribution is 5.95. The van der Waals surface area contributed by atoms with Gasteiger partial charge in [-0.25, -0.2) is 4.79 Å². The van der Waals surface area contributed by atoms with Gasteiger partial charge in [-0.3, -0.25) is 4.79 Å². The van der Waals surface area contributed by atoms with Crippen LogP contribution in [0.4, 0.5) is 10.5 Å². The monoisotopic (exact) mass is 459 g/mol. The van der Waals surface area contributed by atoms with Crippen molar-refractivity contribution in [3.05, 3.63) is 77.9 Å². The van der Waals surface area contributed by atoms with Gasteiger partial charge in [0.25, 0.3) is 5.91 Å². The SMILES string of the molecule is C=CCOC(=O)N1CCC[C@H]2C(c3ccccc3)Nc3ccc(C(=O)NC4CCCC4)cc3[C@H]21. The third kappa shape index (κ3) is 4.41. The summed E-state index contributed by atoms with van der Waals surface area (Å²) in [7, 11) is 0. The standard InChI is InChI=1S/C28H33N3O3/c1-2-17-34-28(33)31-16-8-13-22-25(19-9-4-3-5-10-19)30-24-15-14-20(18-23(24)26(22)31)27(32)29-21-11-6-7-12-21/h2-5,9-10,14-15,18,21-22,25-26,30H,1,6-8,11-13,16-17H2,(H,29,32)/t22-,25?,26-/m0/s1. The third-order valence-corrected chi connectivity index (χ3v) is 7.46. The van der Waals surface area contributed by atoms with Gasteiger partial charge in [0, 0.05) is 29.8 Å². The maximum Gasteiger partial charge on any atom is 0.410 e. The van der Waals surface area contributed by atoms with Gasteiger partial charge in [0.1, 0.15) is 6.61 Å². The molecule has 2 N–H and O–H groups in total. The van der Waals surface area contributed by atoms with Crippen LogP contribution < -0.4 is 10.6 Å². The lowest BCUT2D eigenvalue weighted by molar-refractivity contribution is 0.0505. The van der Waals surface area contributed by atoms with E-state index in [4.69, 9.17) is 4.74 Å². The Bertz CT molecular complexity index is 1050. The molecule has 2 heterocycles. The molecule has 2 fully saturated rings. The fourth-order valence-electron chi connectivity index (χ4n) is 5.88. The number of hydrogen-bond acceptors (Lipinski definition) is 4. The van der Waals surface area contributed by atoms with Crippen LogP contribution in [0.25, 0.3) is 0 Å². The Morgan fingerprint density at radius 3 is 2.65 bits per heavy atom. The molecule has 0 aromatic heterocycles. The fraction of sp³-hybridized carbons (Fsp3) is 0.429. The summed E-state index contributed by atoms with van der Waals surface area (Å²) in [5.41, 5.74) is 3.81. The highest BCUT2D eigenvalue weighted by Gasteiger charge is 2.45. The highest BCUT2D eigenvalue weighted by atomic mass is 16.6.